The molecular formula is C10H8Cl2O2. The maximum Gasteiger partial charge on any atom is 0.307 e. The lowest BCUT2D eigenvalue weighted by Crippen LogP contribution is -1.99. The molecule has 4 heteroatoms. The summed E-state index contributed by atoms with van der Waals surface area (Å²) >= 11 is 11.8. The molecule has 1 aromatic carbocycles. The van der Waals surface area contributed by atoms with Gasteiger partial charge in [-0.3, -0.25) is 4.79 Å². The van der Waals surface area contributed by atoms with Crippen LogP contribution in [-0.4, -0.2) is 11.1 Å². The average Bonchev–Trinajstić information content (AvgIpc) is 2.89. The van der Waals surface area contributed by atoms with E-state index < -0.39 is 5.97 Å². The van der Waals surface area contributed by atoms with Crippen LogP contribution in [0.1, 0.15) is 17.9 Å². The predicted molar refractivity (Wildman–Crippen MR) is 54.9 cm³/mol. The summed E-state index contributed by atoms with van der Waals surface area (Å²) in [5.74, 6) is -1.00. The normalized spacial score (nSPS) is 24.7. The predicted octanol–water partition coefficient (Wildman–Crippen LogP) is 3.18. The smallest absolute Gasteiger partial charge is 0.307 e. The SMILES string of the molecule is O=C(O)[C@H]1C[C@@H]1c1cccc(Cl)c1Cl. The standard InChI is InChI=1S/C10H8Cl2O2/c11-8-3-1-2-5(9(8)12)6-4-7(6)10(13)14/h1-3,6-7H,4H2,(H,13,14)/t6-,7+/m1/s1. The summed E-state index contributed by atoms with van der Waals surface area (Å²) in [5, 5.41) is 9.74. The molecule has 0 aromatic heterocycles. The van der Waals surface area contributed by atoms with E-state index >= 15 is 0 Å². The van der Waals surface area contributed by atoms with Crippen LogP contribution in [0.25, 0.3) is 0 Å². The fourth-order valence-electron chi connectivity index (χ4n) is 1.62. The van der Waals surface area contributed by atoms with E-state index in [-0.39, 0.29) is 11.8 Å². The molecule has 2 nitrogen and oxygen atoms in total. The second-order valence-corrected chi connectivity index (χ2v) is 4.22. The Kier molecular flexibility index (Phi) is 2.41. The van der Waals surface area contributed by atoms with Crippen LogP contribution in [0.5, 0.6) is 0 Å². The van der Waals surface area contributed by atoms with E-state index in [1.807, 2.05) is 6.07 Å². The second-order valence-electron chi connectivity index (χ2n) is 3.43. The lowest BCUT2D eigenvalue weighted by molar-refractivity contribution is -0.138. The van der Waals surface area contributed by atoms with Crippen LogP contribution in [0.15, 0.2) is 18.2 Å². The number of benzene rings is 1. The Balaban J connectivity index is 2.27. The Hall–Kier alpha value is -0.730. The molecule has 0 saturated heterocycles. The summed E-state index contributed by atoms with van der Waals surface area (Å²) < 4.78 is 0. The Morgan fingerprint density at radius 1 is 1.43 bits per heavy atom. The molecule has 1 aliphatic rings. The second kappa shape index (κ2) is 3.44. The summed E-state index contributed by atoms with van der Waals surface area (Å²) in [4.78, 5) is 10.7. The molecule has 1 fully saturated rings. The Labute approximate surface area is 91.4 Å². The van der Waals surface area contributed by atoms with E-state index in [0.717, 1.165) is 5.56 Å². The van der Waals surface area contributed by atoms with E-state index in [9.17, 15) is 4.79 Å². The fourth-order valence-corrected chi connectivity index (χ4v) is 2.07. The minimum absolute atomic E-state index is 0.0405. The Morgan fingerprint density at radius 3 is 2.71 bits per heavy atom. The van der Waals surface area contributed by atoms with Crippen molar-refractivity contribution in [2.75, 3.05) is 0 Å². The lowest BCUT2D eigenvalue weighted by atomic mass is 10.1. The van der Waals surface area contributed by atoms with Crippen molar-refractivity contribution in [1.82, 2.24) is 0 Å². The fraction of sp³-hybridized carbons (Fsp3) is 0.300. The van der Waals surface area contributed by atoms with E-state index in [0.29, 0.717) is 16.5 Å². The van der Waals surface area contributed by atoms with Crippen LogP contribution in [0, 0.1) is 5.92 Å². The number of hydrogen-bond acceptors (Lipinski definition) is 1. The zero-order valence-corrected chi connectivity index (χ0v) is 8.72. The summed E-state index contributed by atoms with van der Waals surface area (Å²) in [6.07, 6.45) is 0.662. The third kappa shape index (κ3) is 1.60. The third-order valence-electron chi connectivity index (χ3n) is 2.49. The lowest BCUT2D eigenvalue weighted by Gasteiger charge is -2.03. The van der Waals surface area contributed by atoms with Crippen LogP contribution in [0.2, 0.25) is 10.0 Å². The van der Waals surface area contributed by atoms with Crippen molar-refractivity contribution in [3.63, 3.8) is 0 Å². The quantitative estimate of drug-likeness (QED) is 0.848. The highest BCUT2D eigenvalue weighted by molar-refractivity contribution is 6.42. The molecule has 0 spiro atoms. The van der Waals surface area contributed by atoms with Crippen molar-refractivity contribution in [2.24, 2.45) is 5.92 Å². The molecule has 2 atom stereocenters. The summed E-state index contributed by atoms with van der Waals surface area (Å²) in [7, 11) is 0. The first-order valence-corrected chi connectivity index (χ1v) is 5.03. The van der Waals surface area contributed by atoms with Crippen LogP contribution in [0.3, 0.4) is 0 Å². The number of halogens is 2. The van der Waals surface area contributed by atoms with E-state index in [2.05, 4.69) is 0 Å². The van der Waals surface area contributed by atoms with Crippen molar-refractivity contribution in [2.45, 2.75) is 12.3 Å². The number of carboxylic acids is 1. The minimum Gasteiger partial charge on any atom is -0.481 e. The monoisotopic (exact) mass is 230 g/mol. The van der Waals surface area contributed by atoms with E-state index in [1.165, 1.54) is 0 Å². The molecule has 0 bridgehead atoms. The van der Waals surface area contributed by atoms with Gasteiger partial charge in [-0.2, -0.15) is 0 Å². The van der Waals surface area contributed by atoms with Crippen molar-refractivity contribution in [3.8, 4) is 0 Å². The van der Waals surface area contributed by atoms with Crippen LogP contribution in [0.4, 0.5) is 0 Å². The first kappa shape index (κ1) is 9.81. The summed E-state index contributed by atoms with van der Waals surface area (Å²) in [6.45, 7) is 0. The number of carboxylic acid groups (broad SMARTS) is 1. The van der Waals surface area contributed by atoms with E-state index in [4.69, 9.17) is 28.3 Å². The van der Waals surface area contributed by atoms with Crippen molar-refractivity contribution in [3.05, 3.63) is 33.8 Å². The molecule has 0 heterocycles. The molecule has 2 rings (SSSR count). The van der Waals surface area contributed by atoms with Gasteiger partial charge in [-0.15, -0.1) is 0 Å². The molecular weight excluding hydrogens is 223 g/mol. The largest absolute Gasteiger partial charge is 0.481 e. The number of hydrogen-bond donors (Lipinski definition) is 1. The van der Waals surface area contributed by atoms with E-state index in [1.54, 1.807) is 12.1 Å². The summed E-state index contributed by atoms with van der Waals surface area (Å²) in [5.41, 5.74) is 0.853. The van der Waals surface area contributed by atoms with Crippen molar-refractivity contribution in [1.29, 1.82) is 0 Å². The van der Waals surface area contributed by atoms with Gasteiger partial charge in [0, 0.05) is 0 Å². The maximum atomic E-state index is 10.7. The van der Waals surface area contributed by atoms with Crippen LogP contribution < -0.4 is 0 Å². The molecule has 74 valence electrons. The van der Waals surface area contributed by atoms with Crippen molar-refractivity contribution < 1.29 is 9.90 Å². The van der Waals surface area contributed by atoms with Crippen molar-refractivity contribution >= 4 is 29.2 Å². The highest BCUT2D eigenvalue weighted by atomic mass is 35.5. The first-order chi connectivity index (χ1) is 6.61. The van der Waals surface area contributed by atoms with Gasteiger partial charge in [0.1, 0.15) is 0 Å². The Morgan fingerprint density at radius 2 is 2.14 bits per heavy atom. The molecule has 1 N–H and O–H groups in total. The molecule has 1 aromatic rings. The van der Waals surface area contributed by atoms with Gasteiger partial charge in [0.2, 0.25) is 0 Å². The van der Waals surface area contributed by atoms with Gasteiger partial charge in [-0.1, -0.05) is 35.3 Å². The van der Waals surface area contributed by atoms with Crippen LogP contribution >= 0.6 is 23.2 Å². The molecule has 14 heavy (non-hydrogen) atoms. The van der Waals surface area contributed by atoms with Gasteiger partial charge in [0.05, 0.1) is 16.0 Å². The van der Waals surface area contributed by atoms with Gasteiger partial charge in [-0.25, -0.2) is 0 Å². The minimum atomic E-state index is -0.758. The molecule has 0 radical (unpaired) electrons. The average molecular weight is 231 g/mol. The first-order valence-electron chi connectivity index (χ1n) is 4.28. The zero-order valence-electron chi connectivity index (χ0n) is 7.21. The van der Waals surface area contributed by atoms with Gasteiger partial charge >= 0.3 is 5.97 Å². The van der Waals surface area contributed by atoms with Gasteiger partial charge in [0.15, 0.2) is 0 Å². The molecule has 0 unspecified atom stereocenters. The van der Waals surface area contributed by atoms with Gasteiger partial charge < -0.3 is 5.11 Å². The molecule has 0 amide bonds. The van der Waals surface area contributed by atoms with Gasteiger partial charge in [0.25, 0.3) is 0 Å². The summed E-state index contributed by atoms with van der Waals surface area (Å²) in [6, 6.07) is 5.33. The number of aliphatic carboxylic acids is 1. The number of carbonyl (C=O) groups is 1. The topological polar surface area (TPSA) is 37.3 Å². The maximum absolute atomic E-state index is 10.7. The molecule has 0 aliphatic heterocycles. The third-order valence-corrected chi connectivity index (χ3v) is 3.32. The molecule has 1 aliphatic carbocycles. The van der Waals surface area contributed by atoms with Gasteiger partial charge in [-0.05, 0) is 24.0 Å². The molecule has 1 saturated carbocycles. The highest BCUT2D eigenvalue weighted by Gasteiger charge is 2.45. The number of rotatable bonds is 2. The zero-order chi connectivity index (χ0) is 10.3. The van der Waals surface area contributed by atoms with Crippen LogP contribution in [-0.2, 0) is 4.79 Å². The Bertz CT molecular complexity index is 390. The highest BCUT2D eigenvalue weighted by Crippen LogP contribution is 2.50.